The smallest absolute Gasteiger partial charge is 0.294 e. The quantitative estimate of drug-likeness (QED) is 0.405. The number of benzene rings is 2. The highest BCUT2D eigenvalue weighted by molar-refractivity contribution is 6.10. The maximum absolute atomic E-state index is 12.6. The Morgan fingerprint density at radius 2 is 1.96 bits per heavy atom. The number of fused-ring (bicyclic) bond motifs is 1. The van der Waals surface area contributed by atoms with Crippen LogP contribution in [0.25, 0.3) is 6.08 Å². The van der Waals surface area contributed by atoms with Crippen LogP contribution in [-0.4, -0.2) is 17.4 Å². The molecule has 7 heteroatoms. The summed E-state index contributed by atoms with van der Waals surface area (Å²) in [5.41, 5.74) is 7.60. The second kappa shape index (κ2) is 6.04. The van der Waals surface area contributed by atoms with Gasteiger partial charge in [0.15, 0.2) is 11.5 Å². The van der Waals surface area contributed by atoms with E-state index in [1.54, 1.807) is 41.3 Å². The van der Waals surface area contributed by atoms with E-state index in [-0.39, 0.29) is 17.4 Å². The molecule has 1 aliphatic heterocycles. The van der Waals surface area contributed by atoms with Gasteiger partial charge in [0.05, 0.1) is 10.6 Å². The van der Waals surface area contributed by atoms with Crippen LogP contribution in [-0.2, 0) is 4.79 Å². The van der Waals surface area contributed by atoms with Crippen LogP contribution in [0.15, 0.2) is 48.2 Å². The Morgan fingerprint density at radius 3 is 2.58 bits per heavy atom. The fourth-order valence-electron chi connectivity index (χ4n) is 2.49. The Morgan fingerprint density at radius 1 is 1.25 bits per heavy atom. The lowest BCUT2D eigenvalue weighted by Crippen LogP contribution is -2.37. The lowest BCUT2D eigenvalue weighted by Gasteiger charge is -2.29. The first kappa shape index (κ1) is 15.5. The van der Waals surface area contributed by atoms with Gasteiger partial charge in [-0.1, -0.05) is 0 Å². The number of hydrogen-bond donors (Lipinski definition) is 1. The first-order valence-electron chi connectivity index (χ1n) is 7.35. The number of ether oxygens (including phenoxy) is 1. The topological polar surface area (TPSA) is 98.7 Å². The van der Waals surface area contributed by atoms with E-state index in [4.69, 9.17) is 10.5 Å². The van der Waals surface area contributed by atoms with Crippen molar-refractivity contribution in [3.8, 4) is 5.75 Å². The summed E-state index contributed by atoms with van der Waals surface area (Å²) in [7, 11) is 0. The summed E-state index contributed by atoms with van der Waals surface area (Å²) in [6.45, 7) is 2.35. The zero-order valence-corrected chi connectivity index (χ0v) is 12.9. The van der Waals surface area contributed by atoms with Gasteiger partial charge in [0, 0.05) is 30.4 Å². The van der Waals surface area contributed by atoms with Gasteiger partial charge in [-0.3, -0.25) is 14.9 Å². The fourth-order valence-corrected chi connectivity index (χ4v) is 2.49. The van der Waals surface area contributed by atoms with Gasteiger partial charge in [-0.2, -0.15) is 0 Å². The fraction of sp³-hybridized carbons (Fsp3) is 0.118. The van der Waals surface area contributed by atoms with Crippen molar-refractivity contribution in [2.24, 2.45) is 0 Å². The molecule has 0 spiro atoms. The molecule has 1 aliphatic rings. The lowest BCUT2D eigenvalue weighted by molar-refractivity contribution is -0.384. The van der Waals surface area contributed by atoms with Gasteiger partial charge in [0.1, 0.15) is 0 Å². The van der Waals surface area contributed by atoms with E-state index < -0.39 is 4.92 Å². The third kappa shape index (κ3) is 2.79. The lowest BCUT2D eigenvalue weighted by atomic mass is 10.1. The monoisotopic (exact) mass is 325 g/mol. The summed E-state index contributed by atoms with van der Waals surface area (Å²) in [5.74, 6) is 0.376. The number of rotatable bonds is 3. The molecule has 0 fully saturated rings. The number of nitro groups is 1. The van der Waals surface area contributed by atoms with Gasteiger partial charge in [-0.15, -0.1) is 0 Å². The minimum Gasteiger partial charge on any atom is -0.449 e. The molecule has 122 valence electrons. The van der Waals surface area contributed by atoms with Crippen molar-refractivity contribution in [1.29, 1.82) is 0 Å². The van der Waals surface area contributed by atoms with Crippen molar-refractivity contribution in [2.45, 2.75) is 6.92 Å². The summed E-state index contributed by atoms with van der Waals surface area (Å²) in [4.78, 5) is 24.4. The van der Waals surface area contributed by atoms with Crippen LogP contribution in [0.1, 0.15) is 12.5 Å². The molecule has 24 heavy (non-hydrogen) atoms. The largest absolute Gasteiger partial charge is 0.449 e. The van der Waals surface area contributed by atoms with E-state index in [0.29, 0.717) is 29.2 Å². The predicted octanol–water partition coefficient (Wildman–Crippen LogP) is 2.96. The Hall–Kier alpha value is -3.35. The van der Waals surface area contributed by atoms with E-state index >= 15 is 0 Å². The Labute approximate surface area is 138 Å². The number of carbonyl (C=O) groups is 1. The van der Waals surface area contributed by atoms with Crippen molar-refractivity contribution >= 4 is 29.0 Å². The van der Waals surface area contributed by atoms with Gasteiger partial charge in [0.25, 0.3) is 11.6 Å². The van der Waals surface area contributed by atoms with Gasteiger partial charge in [-0.25, -0.2) is 0 Å². The van der Waals surface area contributed by atoms with Crippen LogP contribution in [0.5, 0.6) is 5.75 Å². The summed E-state index contributed by atoms with van der Waals surface area (Å²) < 4.78 is 5.69. The second-order valence-electron chi connectivity index (χ2n) is 5.24. The zero-order chi connectivity index (χ0) is 17.3. The average Bonchev–Trinajstić information content (AvgIpc) is 2.56. The van der Waals surface area contributed by atoms with E-state index in [1.807, 2.05) is 6.92 Å². The molecule has 1 heterocycles. The predicted molar refractivity (Wildman–Crippen MR) is 90.6 cm³/mol. The minimum atomic E-state index is -0.475. The van der Waals surface area contributed by atoms with Crippen molar-refractivity contribution < 1.29 is 14.5 Å². The number of carbonyl (C=O) groups excluding carboxylic acids is 1. The number of amides is 1. The van der Waals surface area contributed by atoms with E-state index in [1.165, 1.54) is 12.1 Å². The van der Waals surface area contributed by atoms with Crippen molar-refractivity contribution in [3.63, 3.8) is 0 Å². The summed E-state index contributed by atoms with van der Waals surface area (Å²) in [6.07, 6.45) is 1.56. The third-order valence-electron chi connectivity index (χ3n) is 3.67. The first-order chi connectivity index (χ1) is 11.5. The molecular weight excluding hydrogens is 310 g/mol. The van der Waals surface area contributed by atoms with Crippen LogP contribution in [0.3, 0.4) is 0 Å². The molecule has 7 nitrogen and oxygen atoms in total. The van der Waals surface area contributed by atoms with Gasteiger partial charge in [0.2, 0.25) is 0 Å². The standard InChI is InChI=1S/C17H15N3O4/c1-2-19-14-8-5-12(18)10-15(14)24-16(17(19)21)9-11-3-6-13(7-4-11)20(22)23/h3-10H,2,18H2,1H3/b16-9+. The molecule has 0 saturated heterocycles. The maximum atomic E-state index is 12.6. The highest BCUT2D eigenvalue weighted by atomic mass is 16.6. The maximum Gasteiger partial charge on any atom is 0.294 e. The van der Waals surface area contributed by atoms with Crippen molar-refractivity contribution in [2.75, 3.05) is 17.2 Å². The summed E-state index contributed by atoms with van der Waals surface area (Å²) >= 11 is 0. The molecule has 0 radical (unpaired) electrons. The summed E-state index contributed by atoms with van der Waals surface area (Å²) in [6, 6.07) is 11.0. The number of anilines is 2. The molecule has 1 amide bonds. The van der Waals surface area contributed by atoms with E-state index in [2.05, 4.69) is 0 Å². The van der Waals surface area contributed by atoms with Gasteiger partial charge >= 0.3 is 0 Å². The molecule has 2 aromatic carbocycles. The van der Waals surface area contributed by atoms with Gasteiger partial charge in [-0.05, 0) is 42.8 Å². The molecule has 0 aromatic heterocycles. The molecule has 0 saturated carbocycles. The molecule has 0 aliphatic carbocycles. The SMILES string of the molecule is CCN1C(=O)/C(=C\c2ccc([N+](=O)[O-])cc2)Oc2cc(N)ccc21. The third-order valence-corrected chi connectivity index (χ3v) is 3.67. The molecule has 0 unspecified atom stereocenters. The number of nitrogens with zero attached hydrogens (tertiary/aromatic N) is 2. The number of nitrogen functional groups attached to an aromatic ring is 1. The molecule has 0 atom stereocenters. The molecular formula is C17H15N3O4. The number of nitrogens with two attached hydrogens (primary N) is 1. The second-order valence-corrected chi connectivity index (χ2v) is 5.24. The van der Waals surface area contributed by atoms with Crippen molar-refractivity contribution in [1.82, 2.24) is 0 Å². The number of likely N-dealkylation sites (N-methyl/N-ethyl adjacent to an activating group) is 1. The number of non-ortho nitro benzene ring substituents is 1. The Bertz CT molecular complexity index is 843. The Balaban J connectivity index is 1.99. The Kier molecular flexibility index (Phi) is 3.91. The van der Waals surface area contributed by atoms with E-state index in [9.17, 15) is 14.9 Å². The normalized spacial score (nSPS) is 15.1. The highest BCUT2D eigenvalue weighted by Crippen LogP contribution is 2.37. The molecule has 2 N–H and O–H groups in total. The van der Waals surface area contributed by atoms with Crippen LogP contribution in [0, 0.1) is 10.1 Å². The number of nitro benzene ring substituents is 1. The van der Waals surface area contributed by atoms with E-state index in [0.717, 1.165) is 0 Å². The highest BCUT2D eigenvalue weighted by Gasteiger charge is 2.29. The van der Waals surface area contributed by atoms with Crippen LogP contribution in [0.2, 0.25) is 0 Å². The zero-order valence-electron chi connectivity index (χ0n) is 12.9. The first-order valence-corrected chi connectivity index (χ1v) is 7.35. The van der Waals surface area contributed by atoms with Crippen LogP contribution in [0.4, 0.5) is 17.1 Å². The van der Waals surface area contributed by atoms with Gasteiger partial charge < -0.3 is 15.4 Å². The number of hydrogen-bond acceptors (Lipinski definition) is 5. The van der Waals surface area contributed by atoms with Crippen LogP contribution < -0.4 is 15.4 Å². The molecule has 0 bridgehead atoms. The summed E-state index contributed by atoms with van der Waals surface area (Å²) in [5, 5.41) is 10.7. The minimum absolute atomic E-state index is 0.0126. The van der Waals surface area contributed by atoms with Crippen LogP contribution >= 0.6 is 0 Å². The average molecular weight is 325 g/mol. The molecule has 2 aromatic rings. The van der Waals surface area contributed by atoms with Crippen molar-refractivity contribution in [3.05, 3.63) is 63.9 Å². The molecule has 3 rings (SSSR count).